The summed E-state index contributed by atoms with van der Waals surface area (Å²) < 4.78 is 0. The molecule has 0 spiro atoms. The highest BCUT2D eigenvalue weighted by Crippen LogP contribution is 2.33. The van der Waals surface area contributed by atoms with Crippen LogP contribution in [0.3, 0.4) is 0 Å². The van der Waals surface area contributed by atoms with Crippen LogP contribution < -0.4 is 10.2 Å². The van der Waals surface area contributed by atoms with Gasteiger partial charge in [0.05, 0.1) is 11.4 Å². The number of para-hydroxylation sites is 2. The molecule has 0 saturated carbocycles. The molecule has 0 radical (unpaired) electrons. The lowest BCUT2D eigenvalue weighted by Crippen LogP contribution is -2.47. The summed E-state index contributed by atoms with van der Waals surface area (Å²) in [5, 5.41) is 3.52. The van der Waals surface area contributed by atoms with Crippen molar-refractivity contribution in [2.75, 3.05) is 29.9 Å². The molecule has 2 aliphatic heterocycles. The second-order valence-corrected chi connectivity index (χ2v) is 7.84. The van der Waals surface area contributed by atoms with E-state index in [0.29, 0.717) is 23.9 Å². The fourth-order valence-corrected chi connectivity index (χ4v) is 3.83. The molecule has 0 unspecified atom stereocenters. The number of carbonyl (C=O) groups excluding carboxylic acids is 2. The second kappa shape index (κ2) is 7.62. The number of hydrogen-bond acceptors (Lipinski definition) is 4. The number of carbonyl (C=O) groups is 2. The molecule has 2 amide bonds. The van der Waals surface area contributed by atoms with Gasteiger partial charge in [0.15, 0.2) is 0 Å². The minimum atomic E-state index is -0.171. The van der Waals surface area contributed by atoms with Gasteiger partial charge in [0.2, 0.25) is 0 Å². The summed E-state index contributed by atoms with van der Waals surface area (Å²) in [6, 6.07) is 13.1. The van der Waals surface area contributed by atoms with Gasteiger partial charge >= 0.3 is 0 Å². The highest BCUT2D eigenvalue weighted by molar-refractivity contribution is 6.07. The van der Waals surface area contributed by atoms with Crippen LogP contribution in [0.5, 0.6) is 0 Å². The van der Waals surface area contributed by atoms with Crippen LogP contribution in [0.15, 0.2) is 42.5 Å². The van der Waals surface area contributed by atoms with Gasteiger partial charge in [0.25, 0.3) is 11.8 Å². The van der Waals surface area contributed by atoms with Gasteiger partial charge < -0.3 is 15.1 Å². The molecule has 1 saturated heterocycles. The van der Waals surface area contributed by atoms with Crippen LogP contribution in [0.25, 0.3) is 0 Å². The van der Waals surface area contributed by atoms with Gasteiger partial charge in [-0.05, 0) is 43.0 Å². The van der Waals surface area contributed by atoms with E-state index >= 15 is 0 Å². The van der Waals surface area contributed by atoms with Crippen molar-refractivity contribution in [2.45, 2.75) is 32.7 Å². The molecule has 1 aromatic carbocycles. The topological polar surface area (TPSA) is 65.5 Å². The summed E-state index contributed by atoms with van der Waals surface area (Å²) in [5.74, 6) is 0.114. The molecule has 4 rings (SSSR count). The zero-order chi connectivity index (χ0) is 19.7. The maximum atomic E-state index is 13.3. The van der Waals surface area contributed by atoms with Crippen LogP contribution in [0, 0.1) is 5.92 Å². The molecule has 6 heteroatoms. The summed E-state index contributed by atoms with van der Waals surface area (Å²) in [5.41, 5.74) is 2.45. The standard InChI is InChI=1S/C22H26N4O2/c1-15(2)19-14-26(20-11-4-3-8-16(20)23-19)22(28)18-10-7-9-17(24-18)21(27)25-12-5-6-13-25/h3-4,7-11,15,19,23H,5-6,12-14H2,1-2H3/t19-/m1/s1. The third-order valence-corrected chi connectivity index (χ3v) is 5.55. The number of hydrogen-bond donors (Lipinski definition) is 1. The fraction of sp³-hybridized carbons (Fsp3) is 0.409. The summed E-state index contributed by atoms with van der Waals surface area (Å²) in [7, 11) is 0. The molecule has 1 N–H and O–H groups in total. The third-order valence-electron chi connectivity index (χ3n) is 5.55. The molecule has 6 nitrogen and oxygen atoms in total. The zero-order valence-corrected chi connectivity index (χ0v) is 16.4. The Bertz CT molecular complexity index is 890. The Morgan fingerprint density at radius 1 is 1.00 bits per heavy atom. The van der Waals surface area contributed by atoms with Gasteiger partial charge in [0.1, 0.15) is 11.4 Å². The monoisotopic (exact) mass is 378 g/mol. The summed E-state index contributed by atoms with van der Waals surface area (Å²) in [4.78, 5) is 34.0. The Labute approximate surface area is 165 Å². The number of likely N-dealkylation sites (tertiary alicyclic amines) is 1. The molecule has 1 fully saturated rings. The van der Waals surface area contributed by atoms with E-state index in [1.54, 1.807) is 23.1 Å². The lowest BCUT2D eigenvalue weighted by molar-refractivity contribution is 0.0787. The van der Waals surface area contributed by atoms with Gasteiger partial charge in [-0.15, -0.1) is 0 Å². The number of pyridine rings is 1. The maximum Gasteiger partial charge on any atom is 0.277 e. The fourth-order valence-electron chi connectivity index (χ4n) is 3.83. The van der Waals surface area contributed by atoms with E-state index in [1.165, 1.54) is 0 Å². The average Bonchev–Trinajstić information content (AvgIpc) is 3.26. The molecule has 1 aromatic heterocycles. The van der Waals surface area contributed by atoms with E-state index in [4.69, 9.17) is 0 Å². The predicted molar refractivity (Wildman–Crippen MR) is 110 cm³/mol. The highest BCUT2D eigenvalue weighted by Gasteiger charge is 2.31. The van der Waals surface area contributed by atoms with Crippen molar-refractivity contribution in [3.05, 3.63) is 53.9 Å². The Morgan fingerprint density at radius 2 is 1.68 bits per heavy atom. The lowest BCUT2D eigenvalue weighted by Gasteiger charge is -2.37. The van der Waals surface area contributed by atoms with Crippen molar-refractivity contribution < 1.29 is 9.59 Å². The SMILES string of the molecule is CC(C)[C@H]1CN(C(=O)c2cccc(C(=O)N3CCCC3)n2)c2ccccc2N1. The first kappa shape index (κ1) is 18.5. The van der Waals surface area contributed by atoms with Gasteiger partial charge in [-0.25, -0.2) is 4.98 Å². The van der Waals surface area contributed by atoms with Gasteiger partial charge in [-0.1, -0.05) is 32.0 Å². The van der Waals surface area contributed by atoms with Crippen LogP contribution in [0.2, 0.25) is 0 Å². The van der Waals surface area contributed by atoms with Gasteiger partial charge in [0, 0.05) is 25.7 Å². The number of nitrogens with one attached hydrogen (secondary N) is 1. The van der Waals surface area contributed by atoms with Crippen LogP contribution in [0.1, 0.15) is 47.7 Å². The van der Waals surface area contributed by atoms with E-state index in [0.717, 1.165) is 37.3 Å². The number of rotatable bonds is 3. The Hall–Kier alpha value is -2.89. The first-order valence-electron chi connectivity index (χ1n) is 9.98. The number of amides is 2. The normalized spacial score (nSPS) is 18.8. The molecular formula is C22H26N4O2. The van der Waals surface area contributed by atoms with E-state index in [1.807, 2.05) is 29.2 Å². The molecular weight excluding hydrogens is 352 g/mol. The van der Waals surface area contributed by atoms with Crippen LogP contribution >= 0.6 is 0 Å². The minimum absolute atomic E-state index is 0.0899. The molecule has 3 heterocycles. The molecule has 2 aliphatic rings. The van der Waals surface area contributed by atoms with E-state index in [2.05, 4.69) is 24.1 Å². The first-order valence-corrected chi connectivity index (χ1v) is 9.98. The van der Waals surface area contributed by atoms with Crippen LogP contribution in [0.4, 0.5) is 11.4 Å². The number of anilines is 2. The maximum absolute atomic E-state index is 13.3. The smallest absolute Gasteiger partial charge is 0.277 e. The quantitative estimate of drug-likeness (QED) is 0.889. The molecule has 0 aliphatic carbocycles. The van der Waals surface area contributed by atoms with Crippen molar-refractivity contribution >= 4 is 23.2 Å². The van der Waals surface area contributed by atoms with Crippen molar-refractivity contribution in [3.63, 3.8) is 0 Å². The molecule has 1 atom stereocenters. The number of aromatic nitrogens is 1. The highest BCUT2D eigenvalue weighted by atomic mass is 16.2. The number of fused-ring (bicyclic) bond motifs is 1. The molecule has 2 aromatic rings. The van der Waals surface area contributed by atoms with E-state index in [9.17, 15) is 9.59 Å². The Balaban J connectivity index is 1.63. The van der Waals surface area contributed by atoms with Gasteiger partial charge in [-0.3, -0.25) is 9.59 Å². The van der Waals surface area contributed by atoms with E-state index in [-0.39, 0.29) is 17.9 Å². The second-order valence-electron chi connectivity index (χ2n) is 7.84. The van der Waals surface area contributed by atoms with Crippen molar-refractivity contribution in [1.82, 2.24) is 9.88 Å². The zero-order valence-electron chi connectivity index (χ0n) is 16.4. The third kappa shape index (κ3) is 3.46. The summed E-state index contributed by atoms with van der Waals surface area (Å²) in [6.45, 7) is 6.38. The molecule has 28 heavy (non-hydrogen) atoms. The van der Waals surface area contributed by atoms with Crippen LogP contribution in [-0.4, -0.2) is 47.4 Å². The summed E-state index contributed by atoms with van der Waals surface area (Å²) >= 11 is 0. The van der Waals surface area contributed by atoms with Crippen LogP contribution in [-0.2, 0) is 0 Å². The minimum Gasteiger partial charge on any atom is -0.379 e. The number of nitrogens with zero attached hydrogens (tertiary/aromatic N) is 3. The van der Waals surface area contributed by atoms with Gasteiger partial charge in [-0.2, -0.15) is 0 Å². The van der Waals surface area contributed by atoms with E-state index < -0.39 is 0 Å². The Morgan fingerprint density at radius 3 is 2.39 bits per heavy atom. The number of benzene rings is 1. The summed E-state index contributed by atoms with van der Waals surface area (Å²) in [6.07, 6.45) is 2.05. The molecule has 146 valence electrons. The average molecular weight is 378 g/mol. The van der Waals surface area contributed by atoms with Crippen molar-refractivity contribution in [3.8, 4) is 0 Å². The predicted octanol–water partition coefficient (Wildman–Crippen LogP) is 3.41. The van der Waals surface area contributed by atoms with Crippen molar-refractivity contribution in [1.29, 1.82) is 0 Å². The lowest BCUT2D eigenvalue weighted by atomic mass is 9.99. The Kier molecular flexibility index (Phi) is 5.03. The largest absolute Gasteiger partial charge is 0.379 e. The van der Waals surface area contributed by atoms with Crippen molar-refractivity contribution in [2.24, 2.45) is 5.92 Å². The first-order chi connectivity index (χ1) is 13.5. The molecule has 0 bridgehead atoms.